The Morgan fingerprint density at radius 1 is 1.28 bits per heavy atom. The van der Waals surface area contributed by atoms with Crippen LogP contribution in [0.4, 0.5) is 11.4 Å². The summed E-state index contributed by atoms with van der Waals surface area (Å²) in [4.78, 5) is 13.1. The van der Waals surface area contributed by atoms with E-state index in [1.54, 1.807) is 12.1 Å². The van der Waals surface area contributed by atoms with Crippen LogP contribution in [0.3, 0.4) is 0 Å². The van der Waals surface area contributed by atoms with Gasteiger partial charge in [-0.05, 0) is 31.0 Å². The second-order valence-electron chi connectivity index (χ2n) is 5.64. The molecule has 1 heterocycles. The fourth-order valence-corrected chi connectivity index (χ4v) is 3.35. The number of nitrogens with zero attached hydrogens (tertiary/aromatic N) is 1. The number of nitrogens with two attached hydrogens (primary N) is 1. The van der Waals surface area contributed by atoms with Crippen LogP contribution in [-0.2, 0) is 0 Å². The summed E-state index contributed by atoms with van der Waals surface area (Å²) in [7, 11) is 0. The molecule has 4 nitrogen and oxygen atoms in total. The molecule has 1 aliphatic carbocycles. The normalized spacial score (nSPS) is 21.0. The van der Waals surface area contributed by atoms with Crippen LogP contribution in [0.15, 0.2) is 18.2 Å². The van der Waals surface area contributed by atoms with E-state index < -0.39 is 5.97 Å². The highest BCUT2D eigenvalue weighted by molar-refractivity contribution is 5.90. The largest absolute Gasteiger partial charge is 0.478 e. The molecule has 4 heteroatoms. The predicted molar refractivity (Wildman–Crippen MR) is 70.9 cm³/mol. The van der Waals surface area contributed by atoms with Gasteiger partial charge in [0.05, 0.1) is 16.9 Å². The third kappa shape index (κ3) is 1.72. The average molecular weight is 246 g/mol. The molecule has 1 spiro atoms. The van der Waals surface area contributed by atoms with E-state index in [-0.39, 0.29) is 5.56 Å². The fourth-order valence-electron chi connectivity index (χ4n) is 3.35. The van der Waals surface area contributed by atoms with E-state index in [1.807, 2.05) is 6.07 Å². The summed E-state index contributed by atoms with van der Waals surface area (Å²) in [6.45, 7) is 2.15. The molecule has 0 aromatic heterocycles. The van der Waals surface area contributed by atoms with Crippen molar-refractivity contribution >= 4 is 17.3 Å². The third-order valence-corrected chi connectivity index (χ3v) is 4.33. The number of benzene rings is 1. The van der Waals surface area contributed by atoms with Crippen LogP contribution in [0.5, 0.6) is 0 Å². The third-order valence-electron chi connectivity index (χ3n) is 4.33. The minimum absolute atomic E-state index is 0.257. The van der Waals surface area contributed by atoms with Crippen molar-refractivity contribution in [1.29, 1.82) is 0 Å². The number of rotatable bonds is 2. The molecule has 1 aliphatic heterocycles. The van der Waals surface area contributed by atoms with Gasteiger partial charge >= 0.3 is 5.97 Å². The predicted octanol–water partition coefficient (Wildman–Crippen LogP) is 2.35. The molecule has 3 rings (SSSR count). The van der Waals surface area contributed by atoms with E-state index in [0.29, 0.717) is 11.1 Å². The lowest BCUT2D eigenvalue weighted by molar-refractivity contribution is 0.0697. The van der Waals surface area contributed by atoms with Crippen molar-refractivity contribution in [2.45, 2.75) is 25.7 Å². The molecule has 0 atom stereocenters. The topological polar surface area (TPSA) is 66.6 Å². The standard InChI is InChI=1S/C14H18N2O2/c15-11-7-10(13(17)18)3-4-12(11)16-8-14(9-16)5-1-2-6-14/h3-4,7H,1-2,5-6,8-9,15H2,(H,17,18). The first-order valence-corrected chi connectivity index (χ1v) is 6.47. The molecule has 18 heavy (non-hydrogen) atoms. The highest BCUT2D eigenvalue weighted by Crippen LogP contribution is 2.47. The quantitative estimate of drug-likeness (QED) is 0.786. The Hall–Kier alpha value is -1.71. The molecule has 1 saturated heterocycles. The molecule has 1 saturated carbocycles. The summed E-state index contributed by atoms with van der Waals surface area (Å²) < 4.78 is 0. The molecule has 1 aromatic carbocycles. The maximum Gasteiger partial charge on any atom is 0.335 e. The summed E-state index contributed by atoms with van der Waals surface area (Å²) in [5.41, 5.74) is 8.29. The molecule has 96 valence electrons. The van der Waals surface area contributed by atoms with Crippen molar-refractivity contribution in [3.05, 3.63) is 23.8 Å². The van der Waals surface area contributed by atoms with Gasteiger partial charge in [0.1, 0.15) is 0 Å². The zero-order valence-electron chi connectivity index (χ0n) is 10.4. The second kappa shape index (κ2) is 3.90. The first-order valence-electron chi connectivity index (χ1n) is 6.47. The SMILES string of the molecule is Nc1cc(C(=O)O)ccc1N1CC2(CCCC2)C1. The van der Waals surface area contributed by atoms with Gasteiger partial charge in [-0.2, -0.15) is 0 Å². The second-order valence-corrected chi connectivity index (χ2v) is 5.64. The van der Waals surface area contributed by atoms with Gasteiger partial charge in [-0.1, -0.05) is 12.8 Å². The number of carboxylic acid groups (broad SMARTS) is 1. The first kappa shape index (κ1) is 11.4. The lowest BCUT2D eigenvalue weighted by atomic mass is 9.78. The lowest BCUT2D eigenvalue weighted by Crippen LogP contribution is -2.55. The van der Waals surface area contributed by atoms with Crippen molar-refractivity contribution in [2.24, 2.45) is 5.41 Å². The molecule has 0 radical (unpaired) electrons. The Morgan fingerprint density at radius 3 is 2.50 bits per heavy atom. The molecule has 1 aromatic rings. The Labute approximate surface area is 106 Å². The average Bonchev–Trinajstić information content (AvgIpc) is 2.76. The van der Waals surface area contributed by atoms with Crippen LogP contribution in [0, 0.1) is 5.41 Å². The number of anilines is 2. The van der Waals surface area contributed by atoms with Gasteiger partial charge in [-0.3, -0.25) is 0 Å². The minimum atomic E-state index is -0.927. The van der Waals surface area contributed by atoms with Crippen LogP contribution in [0.2, 0.25) is 0 Å². The maximum atomic E-state index is 10.9. The summed E-state index contributed by atoms with van der Waals surface area (Å²) in [5.74, 6) is -0.927. The molecule has 0 bridgehead atoms. The molecular formula is C14H18N2O2. The van der Waals surface area contributed by atoms with Gasteiger partial charge in [0.15, 0.2) is 0 Å². The molecule has 2 fully saturated rings. The van der Waals surface area contributed by atoms with Crippen LogP contribution < -0.4 is 10.6 Å². The number of carboxylic acids is 1. The van der Waals surface area contributed by atoms with Crippen molar-refractivity contribution in [2.75, 3.05) is 23.7 Å². The summed E-state index contributed by atoms with van der Waals surface area (Å²) in [6, 6.07) is 5.02. The zero-order chi connectivity index (χ0) is 12.8. The van der Waals surface area contributed by atoms with Crippen LogP contribution >= 0.6 is 0 Å². The van der Waals surface area contributed by atoms with E-state index in [9.17, 15) is 4.79 Å². The van der Waals surface area contributed by atoms with Gasteiger partial charge in [0, 0.05) is 18.5 Å². The van der Waals surface area contributed by atoms with Crippen molar-refractivity contribution in [3.8, 4) is 0 Å². The van der Waals surface area contributed by atoms with Gasteiger partial charge in [-0.15, -0.1) is 0 Å². The highest BCUT2D eigenvalue weighted by atomic mass is 16.4. The van der Waals surface area contributed by atoms with Crippen molar-refractivity contribution in [1.82, 2.24) is 0 Å². The monoisotopic (exact) mass is 246 g/mol. The van der Waals surface area contributed by atoms with Crippen LogP contribution in [-0.4, -0.2) is 24.2 Å². The molecule has 0 unspecified atom stereocenters. The number of carbonyl (C=O) groups is 1. The summed E-state index contributed by atoms with van der Waals surface area (Å²) >= 11 is 0. The molecule has 2 aliphatic rings. The van der Waals surface area contributed by atoms with E-state index in [4.69, 9.17) is 10.8 Å². The highest BCUT2D eigenvalue weighted by Gasteiger charge is 2.45. The minimum Gasteiger partial charge on any atom is -0.478 e. The van der Waals surface area contributed by atoms with E-state index in [2.05, 4.69) is 4.90 Å². The number of hydrogen-bond acceptors (Lipinski definition) is 3. The Morgan fingerprint density at radius 2 is 1.94 bits per heavy atom. The molecule has 0 amide bonds. The first-order chi connectivity index (χ1) is 8.60. The van der Waals surface area contributed by atoms with E-state index >= 15 is 0 Å². The fraction of sp³-hybridized carbons (Fsp3) is 0.500. The Kier molecular flexibility index (Phi) is 2.47. The van der Waals surface area contributed by atoms with E-state index in [1.165, 1.54) is 25.7 Å². The van der Waals surface area contributed by atoms with Gasteiger partial charge in [0.25, 0.3) is 0 Å². The number of aromatic carboxylic acids is 1. The number of nitrogen functional groups attached to an aromatic ring is 1. The van der Waals surface area contributed by atoms with Gasteiger partial charge < -0.3 is 15.7 Å². The Balaban J connectivity index is 1.76. The summed E-state index contributed by atoms with van der Waals surface area (Å²) in [6.07, 6.45) is 5.36. The van der Waals surface area contributed by atoms with Gasteiger partial charge in [0.2, 0.25) is 0 Å². The van der Waals surface area contributed by atoms with Crippen LogP contribution in [0.1, 0.15) is 36.0 Å². The molecule has 3 N–H and O–H groups in total. The number of hydrogen-bond donors (Lipinski definition) is 2. The lowest BCUT2D eigenvalue weighted by Gasteiger charge is -2.50. The van der Waals surface area contributed by atoms with Crippen molar-refractivity contribution in [3.63, 3.8) is 0 Å². The summed E-state index contributed by atoms with van der Waals surface area (Å²) in [5, 5.41) is 8.91. The van der Waals surface area contributed by atoms with Gasteiger partial charge in [-0.25, -0.2) is 4.79 Å². The maximum absolute atomic E-state index is 10.9. The zero-order valence-corrected chi connectivity index (χ0v) is 10.4. The molecular weight excluding hydrogens is 228 g/mol. The van der Waals surface area contributed by atoms with Crippen molar-refractivity contribution < 1.29 is 9.90 Å². The Bertz CT molecular complexity index is 485. The van der Waals surface area contributed by atoms with E-state index in [0.717, 1.165) is 18.8 Å². The van der Waals surface area contributed by atoms with Crippen LogP contribution in [0.25, 0.3) is 0 Å². The smallest absolute Gasteiger partial charge is 0.335 e.